The molecule has 2 heterocycles. The summed E-state index contributed by atoms with van der Waals surface area (Å²) >= 11 is 0. The summed E-state index contributed by atoms with van der Waals surface area (Å²) in [4.78, 5) is 26.3. The lowest BCUT2D eigenvalue weighted by atomic mass is 10.2. The van der Waals surface area contributed by atoms with E-state index in [0.29, 0.717) is 24.5 Å². The van der Waals surface area contributed by atoms with Crippen LogP contribution in [0.25, 0.3) is 11.5 Å². The van der Waals surface area contributed by atoms with Gasteiger partial charge in [-0.05, 0) is 30.7 Å². The van der Waals surface area contributed by atoms with E-state index in [9.17, 15) is 9.59 Å². The lowest BCUT2D eigenvalue weighted by Gasteiger charge is -2.21. The molecule has 128 valence electrons. The second-order valence-electron chi connectivity index (χ2n) is 5.59. The number of amides is 1. The van der Waals surface area contributed by atoms with Crippen LogP contribution in [0.2, 0.25) is 0 Å². The number of benzene rings is 1. The van der Waals surface area contributed by atoms with Gasteiger partial charge in [-0.1, -0.05) is 30.3 Å². The Morgan fingerprint density at radius 2 is 1.92 bits per heavy atom. The summed E-state index contributed by atoms with van der Waals surface area (Å²) in [5.74, 6) is 0.399. The second kappa shape index (κ2) is 7.61. The van der Waals surface area contributed by atoms with Crippen molar-refractivity contribution in [3.63, 3.8) is 0 Å². The van der Waals surface area contributed by atoms with Crippen LogP contribution in [0.15, 0.2) is 70.1 Å². The molecule has 6 heteroatoms. The summed E-state index contributed by atoms with van der Waals surface area (Å²) in [6, 6.07) is 16.2. The quantitative estimate of drug-likeness (QED) is 0.693. The number of carbonyl (C=O) groups is 1. The van der Waals surface area contributed by atoms with Crippen LogP contribution in [0, 0.1) is 0 Å². The van der Waals surface area contributed by atoms with Crippen molar-refractivity contribution < 1.29 is 9.21 Å². The number of rotatable bonds is 6. The maximum atomic E-state index is 12.6. The van der Waals surface area contributed by atoms with Crippen molar-refractivity contribution in [2.45, 2.75) is 20.0 Å². The SMILES string of the molecule is CCN(Cc1ccccc1)C(=O)Cn1nc(-c2ccco2)ccc1=O. The van der Waals surface area contributed by atoms with E-state index in [4.69, 9.17) is 4.42 Å². The van der Waals surface area contributed by atoms with Gasteiger partial charge in [0.05, 0.1) is 6.26 Å². The summed E-state index contributed by atoms with van der Waals surface area (Å²) in [5.41, 5.74) is 1.24. The summed E-state index contributed by atoms with van der Waals surface area (Å²) in [7, 11) is 0. The molecule has 0 N–H and O–H groups in total. The van der Waals surface area contributed by atoms with E-state index in [-0.39, 0.29) is 18.0 Å². The molecule has 1 aromatic carbocycles. The molecule has 0 spiro atoms. The number of likely N-dealkylation sites (N-methyl/N-ethyl adjacent to an activating group) is 1. The van der Waals surface area contributed by atoms with Crippen molar-refractivity contribution in [3.05, 3.63) is 76.8 Å². The van der Waals surface area contributed by atoms with E-state index in [1.54, 1.807) is 23.1 Å². The van der Waals surface area contributed by atoms with Crippen molar-refractivity contribution in [3.8, 4) is 11.5 Å². The van der Waals surface area contributed by atoms with Crippen LogP contribution in [-0.4, -0.2) is 27.1 Å². The van der Waals surface area contributed by atoms with Crippen LogP contribution in [0.4, 0.5) is 0 Å². The van der Waals surface area contributed by atoms with Crippen LogP contribution >= 0.6 is 0 Å². The normalized spacial score (nSPS) is 10.6. The van der Waals surface area contributed by atoms with Crippen LogP contribution in [0.1, 0.15) is 12.5 Å². The van der Waals surface area contributed by atoms with Crippen molar-refractivity contribution in [2.24, 2.45) is 0 Å². The third-order valence-electron chi connectivity index (χ3n) is 3.88. The zero-order valence-electron chi connectivity index (χ0n) is 14.0. The van der Waals surface area contributed by atoms with E-state index >= 15 is 0 Å². The highest BCUT2D eigenvalue weighted by Gasteiger charge is 2.15. The first-order chi connectivity index (χ1) is 12.2. The minimum atomic E-state index is -0.320. The summed E-state index contributed by atoms with van der Waals surface area (Å²) < 4.78 is 6.47. The molecule has 0 saturated heterocycles. The Bertz CT molecular complexity index is 886. The molecule has 6 nitrogen and oxygen atoms in total. The van der Waals surface area contributed by atoms with Crippen LogP contribution in [0.3, 0.4) is 0 Å². The van der Waals surface area contributed by atoms with Gasteiger partial charge in [-0.2, -0.15) is 5.10 Å². The topological polar surface area (TPSA) is 68.3 Å². The molecule has 3 aromatic rings. The maximum Gasteiger partial charge on any atom is 0.267 e. The van der Waals surface area contributed by atoms with Gasteiger partial charge in [-0.25, -0.2) is 4.68 Å². The van der Waals surface area contributed by atoms with Crippen molar-refractivity contribution >= 4 is 5.91 Å². The second-order valence-corrected chi connectivity index (χ2v) is 5.59. The monoisotopic (exact) mass is 337 g/mol. The van der Waals surface area contributed by atoms with Gasteiger partial charge < -0.3 is 9.32 Å². The highest BCUT2D eigenvalue weighted by atomic mass is 16.3. The predicted octanol–water partition coefficient (Wildman–Crippen LogP) is 2.55. The van der Waals surface area contributed by atoms with Gasteiger partial charge in [0.25, 0.3) is 5.56 Å². The van der Waals surface area contributed by atoms with Gasteiger partial charge >= 0.3 is 0 Å². The molecular formula is C19H19N3O3. The third kappa shape index (κ3) is 4.03. The fourth-order valence-electron chi connectivity index (χ4n) is 2.53. The van der Waals surface area contributed by atoms with Gasteiger partial charge in [-0.3, -0.25) is 9.59 Å². The van der Waals surface area contributed by atoms with E-state index < -0.39 is 0 Å². The van der Waals surface area contributed by atoms with Gasteiger partial charge in [0, 0.05) is 19.2 Å². The van der Waals surface area contributed by atoms with E-state index in [1.807, 2.05) is 37.3 Å². The zero-order valence-corrected chi connectivity index (χ0v) is 14.0. The highest BCUT2D eigenvalue weighted by Crippen LogP contribution is 2.15. The number of furan rings is 1. The minimum Gasteiger partial charge on any atom is -0.463 e. The molecule has 0 saturated carbocycles. The lowest BCUT2D eigenvalue weighted by Crippen LogP contribution is -2.36. The van der Waals surface area contributed by atoms with Crippen molar-refractivity contribution in [2.75, 3.05) is 6.54 Å². The van der Waals surface area contributed by atoms with E-state index in [2.05, 4.69) is 5.10 Å². The molecule has 0 aliphatic rings. The Morgan fingerprint density at radius 1 is 1.12 bits per heavy atom. The van der Waals surface area contributed by atoms with Crippen LogP contribution in [0.5, 0.6) is 0 Å². The molecule has 0 fully saturated rings. The Morgan fingerprint density at radius 3 is 2.60 bits per heavy atom. The van der Waals surface area contributed by atoms with Gasteiger partial charge in [0.2, 0.25) is 5.91 Å². The fourth-order valence-corrected chi connectivity index (χ4v) is 2.53. The number of carbonyl (C=O) groups excluding carboxylic acids is 1. The maximum absolute atomic E-state index is 12.6. The first-order valence-corrected chi connectivity index (χ1v) is 8.11. The number of aromatic nitrogens is 2. The third-order valence-corrected chi connectivity index (χ3v) is 3.88. The first-order valence-electron chi connectivity index (χ1n) is 8.11. The highest BCUT2D eigenvalue weighted by molar-refractivity contribution is 5.75. The Labute approximate surface area is 145 Å². The molecule has 25 heavy (non-hydrogen) atoms. The smallest absolute Gasteiger partial charge is 0.267 e. The number of nitrogens with zero attached hydrogens (tertiary/aromatic N) is 3. The molecule has 0 aliphatic heterocycles. The average molecular weight is 337 g/mol. The van der Waals surface area contributed by atoms with E-state index in [1.165, 1.54) is 17.0 Å². The molecule has 0 bridgehead atoms. The zero-order chi connectivity index (χ0) is 17.6. The summed E-state index contributed by atoms with van der Waals surface area (Å²) in [6.45, 7) is 2.87. The molecule has 0 unspecified atom stereocenters. The molecule has 3 rings (SSSR count). The lowest BCUT2D eigenvalue weighted by molar-refractivity contribution is -0.132. The molecular weight excluding hydrogens is 318 g/mol. The van der Waals surface area contributed by atoms with Crippen molar-refractivity contribution in [1.82, 2.24) is 14.7 Å². The van der Waals surface area contributed by atoms with Gasteiger partial charge in [-0.15, -0.1) is 0 Å². The Balaban J connectivity index is 1.77. The summed E-state index contributed by atoms with van der Waals surface area (Å²) in [6.07, 6.45) is 1.54. The van der Waals surface area contributed by atoms with Crippen LogP contribution < -0.4 is 5.56 Å². The standard InChI is InChI=1S/C19H19N3O3/c1-2-21(13-15-7-4-3-5-8-15)19(24)14-22-18(23)11-10-16(20-22)17-9-6-12-25-17/h3-12H,2,13-14H2,1H3. The molecule has 0 radical (unpaired) electrons. The Hall–Kier alpha value is -3.15. The van der Waals surface area contributed by atoms with Gasteiger partial charge in [0.15, 0.2) is 5.76 Å². The summed E-state index contributed by atoms with van der Waals surface area (Å²) in [5, 5.41) is 4.24. The molecule has 0 atom stereocenters. The fraction of sp³-hybridized carbons (Fsp3) is 0.211. The molecule has 0 aliphatic carbocycles. The average Bonchev–Trinajstić information content (AvgIpc) is 3.17. The number of hydrogen-bond donors (Lipinski definition) is 0. The van der Waals surface area contributed by atoms with E-state index in [0.717, 1.165) is 5.56 Å². The molecule has 2 aromatic heterocycles. The minimum absolute atomic E-state index is 0.103. The largest absolute Gasteiger partial charge is 0.463 e. The Kier molecular flexibility index (Phi) is 5.09. The van der Waals surface area contributed by atoms with Crippen LogP contribution in [-0.2, 0) is 17.9 Å². The number of hydrogen-bond acceptors (Lipinski definition) is 4. The van der Waals surface area contributed by atoms with Gasteiger partial charge in [0.1, 0.15) is 12.2 Å². The van der Waals surface area contributed by atoms with Crippen molar-refractivity contribution in [1.29, 1.82) is 0 Å². The molecule has 1 amide bonds. The predicted molar refractivity (Wildman–Crippen MR) is 93.7 cm³/mol. The first kappa shape index (κ1) is 16.7.